The van der Waals surface area contributed by atoms with Crippen LogP contribution in [0.1, 0.15) is 64.6 Å². The number of amides is 4. The molecule has 0 saturated carbocycles. The van der Waals surface area contributed by atoms with Crippen molar-refractivity contribution in [1.82, 2.24) is 25.3 Å². The minimum Gasteiger partial charge on any atom is -0.463 e. The van der Waals surface area contributed by atoms with Crippen molar-refractivity contribution < 1.29 is 19.1 Å². The van der Waals surface area contributed by atoms with Gasteiger partial charge in [0.25, 0.3) is 0 Å². The average Bonchev–Trinajstić information content (AvgIpc) is 2.81. The van der Waals surface area contributed by atoms with E-state index in [0.29, 0.717) is 43.4 Å². The summed E-state index contributed by atoms with van der Waals surface area (Å²) in [6.07, 6.45) is 0. The summed E-state index contributed by atoms with van der Waals surface area (Å²) < 4.78 is 5.45. The van der Waals surface area contributed by atoms with Crippen molar-refractivity contribution >= 4 is 18.0 Å². The summed E-state index contributed by atoms with van der Waals surface area (Å²) in [6, 6.07) is 7.15. The molecule has 1 aromatic carbocycles. The smallest absolute Gasteiger partial charge is 0.338 e. The quantitative estimate of drug-likeness (QED) is 0.561. The molecular weight excluding hydrogens is 458 g/mol. The van der Waals surface area contributed by atoms with Crippen molar-refractivity contribution in [2.45, 2.75) is 65.6 Å². The summed E-state index contributed by atoms with van der Waals surface area (Å²) in [4.78, 5) is 44.3. The monoisotopic (exact) mass is 499 g/mol. The minimum absolute atomic E-state index is 0.00811. The van der Waals surface area contributed by atoms with E-state index in [2.05, 4.69) is 29.4 Å². The second kappa shape index (κ2) is 11.8. The second-order valence-electron chi connectivity index (χ2n) is 10.2. The molecule has 3 rings (SSSR count). The van der Waals surface area contributed by atoms with Crippen LogP contribution in [0, 0.1) is 0 Å². The molecule has 1 aromatic rings. The van der Waals surface area contributed by atoms with Crippen molar-refractivity contribution in [2.75, 3.05) is 39.8 Å². The van der Waals surface area contributed by atoms with Gasteiger partial charge in [0.15, 0.2) is 0 Å². The lowest BCUT2D eigenvalue weighted by molar-refractivity contribution is -0.139. The molecule has 2 N–H and O–H groups in total. The van der Waals surface area contributed by atoms with Gasteiger partial charge in [0.2, 0.25) is 0 Å². The van der Waals surface area contributed by atoms with Crippen molar-refractivity contribution in [3.05, 3.63) is 46.7 Å². The fourth-order valence-electron chi connectivity index (χ4n) is 4.74. The van der Waals surface area contributed by atoms with Gasteiger partial charge in [-0.1, -0.05) is 38.1 Å². The van der Waals surface area contributed by atoms with E-state index in [0.717, 1.165) is 5.56 Å². The third kappa shape index (κ3) is 6.19. The minimum atomic E-state index is -0.598. The molecule has 0 aliphatic carbocycles. The van der Waals surface area contributed by atoms with E-state index >= 15 is 0 Å². The Bertz CT molecular complexity index is 988. The molecular formula is C27H41N5O4. The highest BCUT2D eigenvalue weighted by molar-refractivity contribution is 5.95. The molecule has 0 aromatic heterocycles. The zero-order valence-electron chi connectivity index (χ0n) is 22.6. The zero-order chi connectivity index (χ0) is 26.6. The third-order valence-electron chi connectivity index (χ3n) is 6.77. The Balaban J connectivity index is 1.91. The van der Waals surface area contributed by atoms with Crippen LogP contribution in [-0.4, -0.2) is 84.6 Å². The number of ether oxygens (including phenoxy) is 1. The van der Waals surface area contributed by atoms with Gasteiger partial charge in [0, 0.05) is 51.0 Å². The number of rotatable bonds is 7. The van der Waals surface area contributed by atoms with Gasteiger partial charge in [-0.25, -0.2) is 14.4 Å². The summed E-state index contributed by atoms with van der Waals surface area (Å²) in [7, 11) is 1.68. The van der Waals surface area contributed by atoms with Crippen LogP contribution in [0.25, 0.3) is 0 Å². The van der Waals surface area contributed by atoms with Crippen LogP contribution in [0.4, 0.5) is 9.59 Å². The van der Waals surface area contributed by atoms with E-state index in [9.17, 15) is 14.4 Å². The predicted octanol–water partition coefficient (Wildman–Crippen LogP) is 3.45. The maximum Gasteiger partial charge on any atom is 0.338 e. The third-order valence-corrected chi connectivity index (χ3v) is 6.77. The lowest BCUT2D eigenvalue weighted by Gasteiger charge is -2.42. The normalized spacial score (nSPS) is 21.2. The Hall–Kier alpha value is -3.07. The second-order valence-corrected chi connectivity index (χ2v) is 10.2. The highest BCUT2D eigenvalue weighted by Gasteiger charge is 2.38. The van der Waals surface area contributed by atoms with Crippen LogP contribution in [0.5, 0.6) is 0 Å². The number of nitrogens with zero attached hydrogens (tertiary/aromatic N) is 3. The fourth-order valence-corrected chi connectivity index (χ4v) is 4.74. The lowest BCUT2D eigenvalue weighted by atomic mass is 9.92. The van der Waals surface area contributed by atoms with E-state index in [1.54, 1.807) is 14.0 Å². The van der Waals surface area contributed by atoms with Crippen LogP contribution < -0.4 is 10.6 Å². The molecule has 2 atom stereocenters. The van der Waals surface area contributed by atoms with Gasteiger partial charge in [0.1, 0.15) is 0 Å². The highest BCUT2D eigenvalue weighted by atomic mass is 16.5. The molecule has 1 saturated heterocycles. The zero-order valence-corrected chi connectivity index (χ0v) is 22.6. The number of carbonyl (C=O) groups excluding carboxylic acids is 3. The molecule has 2 heterocycles. The van der Waals surface area contributed by atoms with E-state index < -0.39 is 12.0 Å². The first-order chi connectivity index (χ1) is 17.0. The van der Waals surface area contributed by atoms with E-state index in [1.807, 2.05) is 49.9 Å². The standard InChI is InChI=1S/C27H41N5O4/c1-8-36-25(33)23-22(16-31-13-14-32(19(6)15-31)27(35)28-18(4)5)30(7)26(34)29-24(23)21-11-9-20(10-12-21)17(2)3/h9-12,17-19,24H,8,13-16H2,1-7H3,(H,28,35)(H,29,34)/t19-,24-/m0/s1. The van der Waals surface area contributed by atoms with Crippen LogP contribution >= 0.6 is 0 Å². The largest absolute Gasteiger partial charge is 0.463 e. The fraction of sp³-hybridized carbons (Fsp3) is 0.593. The molecule has 1 fully saturated rings. The highest BCUT2D eigenvalue weighted by Crippen LogP contribution is 2.32. The summed E-state index contributed by atoms with van der Waals surface area (Å²) >= 11 is 0. The molecule has 2 aliphatic rings. The van der Waals surface area contributed by atoms with Crippen molar-refractivity contribution in [1.29, 1.82) is 0 Å². The van der Waals surface area contributed by atoms with Gasteiger partial charge in [-0.3, -0.25) is 9.80 Å². The van der Waals surface area contributed by atoms with Crippen molar-refractivity contribution in [3.63, 3.8) is 0 Å². The molecule has 0 bridgehead atoms. The first kappa shape index (κ1) is 27.5. The van der Waals surface area contributed by atoms with Crippen LogP contribution in [-0.2, 0) is 9.53 Å². The number of benzene rings is 1. The van der Waals surface area contributed by atoms with Gasteiger partial charge in [0.05, 0.1) is 18.2 Å². The van der Waals surface area contributed by atoms with Gasteiger partial charge in [-0.15, -0.1) is 0 Å². The molecule has 36 heavy (non-hydrogen) atoms. The Morgan fingerprint density at radius 1 is 1.14 bits per heavy atom. The van der Waals surface area contributed by atoms with Crippen molar-refractivity contribution in [3.8, 4) is 0 Å². The van der Waals surface area contributed by atoms with Crippen molar-refractivity contribution in [2.24, 2.45) is 0 Å². The van der Waals surface area contributed by atoms with E-state index in [-0.39, 0.29) is 30.8 Å². The average molecular weight is 500 g/mol. The predicted molar refractivity (Wildman–Crippen MR) is 140 cm³/mol. The van der Waals surface area contributed by atoms with Crippen LogP contribution in [0.2, 0.25) is 0 Å². The van der Waals surface area contributed by atoms with Gasteiger partial charge in [-0.2, -0.15) is 0 Å². The number of nitrogens with one attached hydrogen (secondary N) is 2. The number of urea groups is 2. The Kier molecular flexibility index (Phi) is 9.00. The van der Waals surface area contributed by atoms with Crippen LogP contribution in [0.15, 0.2) is 35.5 Å². The molecule has 9 nitrogen and oxygen atoms in total. The summed E-state index contributed by atoms with van der Waals surface area (Å²) in [5, 5.41) is 5.94. The molecule has 0 radical (unpaired) electrons. The van der Waals surface area contributed by atoms with Gasteiger partial charge in [-0.05, 0) is 44.7 Å². The molecule has 2 aliphatic heterocycles. The van der Waals surface area contributed by atoms with E-state index in [1.165, 1.54) is 10.5 Å². The van der Waals surface area contributed by atoms with Gasteiger partial charge >= 0.3 is 18.0 Å². The number of hydrogen-bond donors (Lipinski definition) is 2. The Labute approximate surface area is 214 Å². The Morgan fingerprint density at radius 3 is 2.36 bits per heavy atom. The first-order valence-corrected chi connectivity index (χ1v) is 12.9. The maximum atomic E-state index is 13.2. The number of carbonyl (C=O) groups is 3. The Morgan fingerprint density at radius 2 is 1.81 bits per heavy atom. The summed E-state index contributed by atoms with van der Waals surface area (Å²) in [6.45, 7) is 14.4. The maximum absolute atomic E-state index is 13.2. The number of hydrogen-bond acceptors (Lipinski definition) is 5. The number of esters is 1. The molecule has 9 heteroatoms. The first-order valence-electron chi connectivity index (χ1n) is 12.9. The molecule has 4 amide bonds. The van der Waals surface area contributed by atoms with E-state index in [4.69, 9.17) is 4.74 Å². The summed E-state index contributed by atoms with van der Waals surface area (Å²) in [5.74, 6) is -0.0506. The molecule has 0 unspecified atom stereocenters. The SMILES string of the molecule is CCOC(=O)C1=C(CN2CCN(C(=O)NC(C)C)[C@@H](C)C2)N(C)C(=O)N[C@H]1c1ccc(C(C)C)cc1. The topological polar surface area (TPSA) is 94.2 Å². The number of piperazine rings is 1. The van der Waals surface area contributed by atoms with Gasteiger partial charge < -0.3 is 20.3 Å². The van der Waals surface area contributed by atoms with Crippen LogP contribution in [0.3, 0.4) is 0 Å². The summed E-state index contributed by atoms with van der Waals surface area (Å²) in [5.41, 5.74) is 3.10. The molecule has 0 spiro atoms. The lowest BCUT2D eigenvalue weighted by Crippen LogP contribution is -2.58. The number of likely N-dealkylation sites (N-methyl/N-ethyl adjacent to an activating group) is 1. The molecule has 198 valence electrons.